The largest absolute Gasteiger partial charge is 0.274 e. The lowest BCUT2D eigenvalue weighted by molar-refractivity contribution is -0.122. The summed E-state index contributed by atoms with van der Waals surface area (Å²) in [6.45, 7) is 4.26. The first kappa shape index (κ1) is 14.9. The molecule has 4 heteroatoms. The summed E-state index contributed by atoms with van der Waals surface area (Å²) in [7, 11) is 0. The Morgan fingerprint density at radius 2 is 1.57 bits per heavy atom. The Labute approximate surface area is 144 Å². The molecule has 2 amide bonds. The number of hydrogen-bond donors (Lipinski definition) is 0. The number of amides is 2. The van der Waals surface area contributed by atoms with Crippen LogP contribution in [0.5, 0.6) is 0 Å². The van der Waals surface area contributed by atoms with E-state index in [4.69, 9.17) is 0 Å². The number of anilines is 1. The van der Waals surface area contributed by atoms with Crippen molar-refractivity contribution >= 4 is 33.4 Å². The molecule has 4 rings (SSSR count). The van der Waals surface area contributed by atoms with Gasteiger partial charge in [-0.05, 0) is 37.6 Å². The Balaban J connectivity index is 1.74. The molecule has 1 aromatic rings. The minimum atomic E-state index is -0.211. The van der Waals surface area contributed by atoms with Crippen LogP contribution in [0, 0.1) is 23.7 Å². The molecule has 3 aliphatic rings. The predicted molar refractivity (Wildman–Crippen MR) is 92.7 cm³/mol. The highest BCUT2D eigenvalue weighted by atomic mass is 79.9. The molecule has 3 nitrogen and oxygen atoms in total. The first-order valence-electron chi connectivity index (χ1n) is 8.05. The van der Waals surface area contributed by atoms with Crippen LogP contribution in [-0.4, -0.2) is 11.8 Å². The third kappa shape index (κ3) is 1.94. The van der Waals surface area contributed by atoms with Crippen molar-refractivity contribution in [3.63, 3.8) is 0 Å². The van der Waals surface area contributed by atoms with E-state index in [9.17, 15) is 9.59 Å². The Morgan fingerprint density at radius 1 is 1.04 bits per heavy atom. The quantitative estimate of drug-likeness (QED) is 0.579. The van der Waals surface area contributed by atoms with Crippen LogP contribution in [0.1, 0.15) is 20.3 Å². The number of benzene rings is 1. The van der Waals surface area contributed by atoms with Gasteiger partial charge in [-0.1, -0.05) is 46.2 Å². The molecule has 0 radical (unpaired) electrons. The van der Waals surface area contributed by atoms with E-state index in [1.807, 2.05) is 24.3 Å². The van der Waals surface area contributed by atoms with E-state index in [0.717, 1.165) is 10.9 Å². The smallest absolute Gasteiger partial charge is 0.238 e. The van der Waals surface area contributed by atoms with Crippen LogP contribution in [0.4, 0.5) is 5.69 Å². The predicted octanol–water partition coefficient (Wildman–Crippen LogP) is 4.10. The average Bonchev–Trinajstić information content (AvgIpc) is 3.18. The molecular weight excluding hydrogens is 354 g/mol. The van der Waals surface area contributed by atoms with Crippen molar-refractivity contribution in [2.45, 2.75) is 20.3 Å². The van der Waals surface area contributed by atoms with Gasteiger partial charge in [0.25, 0.3) is 0 Å². The normalized spacial score (nSPS) is 31.3. The lowest BCUT2D eigenvalue weighted by atomic mass is 9.85. The second kappa shape index (κ2) is 5.17. The van der Waals surface area contributed by atoms with Crippen molar-refractivity contribution in [3.8, 4) is 0 Å². The highest BCUT2D eigenvalue weighted by Gasteiger charge is 2.61. The Hall–Kier alpha value is -1.68. The summed E-state index contributed by atoms with van der Waals surface area (Å²) in [4.78, 5) is 27.3. The molecule has 118 valence electrons. The van der Waals surface area contributed by atoms with Gasteiger partial charge in [-0.3, -0.25) is 9.59 Å². The number of hydrogen-bond acceptors (Lipinski definition) is 2. The highest BCUT2D eigenvalue weighted by Crippen LogP contribution is 2.57. The molecule has 4 atom stereocenters. The molecular formula is C19H18BrNO2. The van der Waals surface area contributed by atoms with Gasteiger partial charge in [0.05, 0.1) is 17.5 Å². The molecule has 23 heavy (non-hydrogen) atoms. The summed E-state index contributed by atoms with van der Waals surface area (Å²) in [5.74, 6) is -0.278. The number of rotatable bonds is 2. The summed E-state index contributed by atoms with van der Waals surface area (Å²) in [5.41, 5.74) is 3.32. The second-order valence-electron chi connectivity index (χ2n) is 6.57. The van der Waals surface area contributed by atoms with Gasteiger partial charge in [0.15, 0.2) is 0 Å². The fourth-order valence-corrected chi connectivity index (χ4v) is 4.65. The molecule has 1 heterocycles. The van der Waals surface area contributed by atoms with Crippen LogP contribution >= 0.6 is 15.9 Å². The van der Waals surface area contributed by atoms with E-state index < -0.39 is 0 Å². The number of allylic oxidation sites excluding steroid dienone is 4. The monoisotopic (exact) mass is 371 g/mol. The van der Waals surface area contributed by atoms with Crippen LogP contribution in [0.3, 0.4) is 0 Å². The molecule has 1 aliphatic heterocycles. The van der Waals surface area contributed by atoms with E-state index in [1.54, 1.807) is 0 Å². The summed E-state index contributed by atoms with van der Waals surface area (Å²) in [6, 6.07) is 7.38. The number of carbonyl (C=O) groups is 2. The third-order valence-electron chi connectivity index (χ3n) is 5.52. The molecule has 0 aromatic heterocycles. The van der Waals surface area contributed by atoms with E-state index in [-0.39, 0.29) is 35.5 Å². The van der Waals surface area contributed by atoms with Crippen LogP contribution in [0.2, 0.25) is 0 Å². The molecule has 2 fully saturated rings. The van der Waals surface area contributed by atoms with Crippen molar-refractivity contribution in [2.75, 3.05) is 4.90 Å². The fourth-order valence-electron chi connectivity index (χ4n) is 4.38. The second-order valence-corrected chi connectivity index (χ2v) is 7.48. The first-order chi connectivity index (χ1) is 11.0. The number of carbonyl (C=O) groups excluding carboxylic acids is 2. The SMILES string of the molecule is CCC(C)=C1C2C=CC1C1C(=O)N(c3ccc(Br)cc3)C(=O)C21. The summed E-state index contributed by atoms with van der Waals surface area (Å²) in [5, 5.41) is 0. The minimum absolute atomic E-state index is 0.0411. The zero-order valence-electron chi connectivity index (χ0n) is 13.1. The molecule has 4 unspecified atom stereocenters. The number of fused-ring (bicyclic) bond motifs is 5. The molecule has 1 saturated carbocycles. The summed E-state index contributed by atoms with van der Waals surface area (Å²) < 4.78 is 0.936. The van der Waals surface area contributed by atoms with E-state index >= 15 is 0 Å². The van der Waals surface area contributed by atoms with Crippen molar-refractivity contribution in [3.05, 3.63) is 52.0 Å². The molecule has 0 N–H and O–H groups in total. The van der Waals surface area contributed by atoms with E-state index in [2.05, 4.69) is 41.9 Å². The summed E-state index contributed by atoms with van der Waals surface area (Å²) >= 11 is 3.39. The number of halogens is 1. The third-order valence-corrected chi connectivity index (χ3v) is 6.05. The minimum Gasteiger partial charge on any atom is -0.274 e. The van der Waals surface area contributed by atoms with Gasteiger partial charge in [0.2, 0.25) is 11.8 Å². The molecule has 2 aliphatic carbocycles. The topological polar surface area (TPSA) is 37.4 Å². The van der Waals surface area contributed by atoms with E-state index in [0.29, 0.717) is 5.69 Å². The van der Waals surface area contributed by atoms with Gasteiger partial charge in [-0.2, -0.15) is 0 Å². The molecule has 2 bridgehead atoms. The maximum atomic E-state index is 13.0. The maximum absolute atomic E-state index is 13.0. The molecule has 1 saturated heterocycles. The zero-order chi connectivity index (χ0) is 16.3. The standard InChI is InChI=1S/C19H18BrNO2/c1-3-10(2)15-13-8-9-14(15)17-16(13)18(22)21(19(17)23)12-6-4-11(20)5-7-12/h4-9,13-14,16-17H,3H2,1-2H3. The first-order valence-corrected chi connectivity index (χ1v) is 8.85. The van der Waals surface area contributed by atoms with Crippen LogP contribution in [-0.2, 0) is 9.59 Å². The average molecular weight is 372 g/mol. The fraction of sp³-hybridized carbons (Fsp3) is 0.368. The molecule has 1 aromatic carbocycles. The van der Waals surface area contributed by atoms with Crippen molar-refractivity contribution in [2.24, 2.45) is 23.7 Å². The highest BCUT2D eigenvalue weighted by molar-refractivity contribution is 9.10. The van der Waals surface area contributed by atoms with Crippen LogP contribution < -0.4 is 4.90 Å². The summed E-state index contributed by atoms with van der Waals surface area (Å²) in [6.07, 6.45) is 5.25. The number of imide groups is 1. The zero-order valence-corrected chi connectivity index (χ0v) is 14.7. The lowest BCUT2D eigenvalue weighted by Crippen LogP contribution is -2.33. The van der Waals surface area contributed by atoms with Crippen molar-refractivity contribution in [1.29, 1.82) is 0 Å². The van der Waals surface area contributed by atoms with Crippen LogP contribution in [0.15, 0.2) is 52.0 Å². The Morgan fingerprint density at radius 3 is 2.04 bits per heavy atom. The lowest BCUT2D eigenvalue weighted by Gasteiger charge is -2.19. The maximum Gasteiger partial charge on any atom is 0.238 e. The van der Waals surface area contributed by atoms with E-state index in [1.165, 1.54) is 16.0 Å². The molecule has 0 spiro atoms. The Kier molecular flexibility index (Phi) is 3.34. The van der Waals surface area contributed by atoms with Gasteiger partial charge < -0.3 is 0 Å². The van der Waals surface area contributed by atoms with Gasteiger partial charge in [0, 0.05) is 16.3 Å². The van der Waals surface area contributed by atoms with Gasteiger partial charge >= 0.3 is 0 Å². The van der Waals surface area contributed by atoms with Gasteiger partial charge in [0.1, 0.15) is 0 Å². The van der Waals surface area contributed by atoms with Crippen LogP contribution in [0.25, 0.3) is 0 Å². The van der Waals surface area contributed by atoms with Crippen molar-refractivity contribution in [1.82, 2.24) is 0 Å². The van der Waals surface area contributed by atoms with Gasteiger partial charge in [-0.25, -0.2) is 4.90 Å². The van der Waals surface area contributed by atoms with Crippen molar-refractivity contribution < 1.29 is 9.59 Å². The Bertz CT molecular complexity index is 728. The van der Waals surface area contributed by atoms with Gasteiger partial charge in [-0.15, -0.1) is 0 Å². The number of nitrogens with zero attached hydrogens (tertiary/aromatic N) is 1.